The van der Waals surface area contributed by atoms with Crippen molar-refractivity contribution in [1.29, 1.82) is 0 Å². The molecule has 0 atom stereocenters. The molecule has 0 aliphatic rings. The van der Waals surface area contributed by atoms with Crippen LogP contribution in [0.25, 0.3) is 0 Å². The summed E-state index contributed by atoms with van der Waals surface area (Å²) in [5.41, 5.74) is -0.727. The number of nitrogens with zero attached hydrogens (tertiary/aromatic N) is 2. The van der Waals surface area contributed by atoms with E-state index in [0.717, 1.165) is 12.1 Å². The summed E-state index contributed by atoms with van der Waals surface area (Å²) in [6.07, 6.45) is 0. The number of carbonyl (C=O) groups excluding carboxylic acids is 1. The van der Waals surface area contributed by atoms with Crippen LogP contribution in [0.4, 0.5) is 17.2 Å². The van der Waals surface area contributed by atoms with E-state index < -0.39 is 31.5 Å². The smallest absolute Gasteiger partial charge is 0.338 e. The molecule has 11 heteroatoms. The van der Waals surface area contributed by atoms with Gasteiger partial charge < -0.3 is 10.1 Å². The number of nitro benzene ring substituents is 1. The molecule has 0 unspecified atom stereocenters. The molecule has 3 N–H and O–H groups in total. The van der Waals surface area contributed by atoms with Gasteiger partial charge in [-0.2, -0.15) is 0 Å². The first-order valence-corrected chi connectivity index (χ1v) is 8.91. The van der Waals surface area contributed by atoms with E-state index in [2.05, 4.69) is 10.3 Å². The summed E-state index contributed by atoms with van der Waals surface area (Å²) in [5.74, 6) is -0.720. The second-order valence-electron chi connectivity index (χ2n) is 5.18. The summed E-state index contributed by atoms with van der Waals surface area (Å²) < 4.78 is 28.7. The van der Waals surface area contributed by atoms with Crippen LogP contribution in [0, 0.1) is 17.0 Å². The van der Waals surface area contributed by atoms with Crippen molar-refractivity contribution in [3.8, 4) is 0 Å². The van der Waals surface area contributed by atoms with Crippen molar-refractivity contribution in [1.82, 2.24) is 4.98 Å². The summed E-state index contributed by atoms with van der Waals surface area (Å²) in [4.78, 5) is 26.0. The molecule has 1 aromatic heterocycles. The number of nitrogens with one attached hydrogen (secondary N) is 1. The van der Waals surface area contributed by atoms with Crippen LogP contribution in [0.1, 0.15) is 23.0 Å². The molecular formula is C15H16N4O6S. The van der Waals surface area contributed by atoms with Gasteiger partial charge in [-0.05, 0) is 32.0 Å². The summed E-state index contributed by atoms with van der Waals surface area (Å²) in [6, 6.07) is 6.69. The number of primary sulfonamides is 1. The van der Waals surface area contributed by atoms with Gasteiger partial charge in [0, 0.05) is 11.8 Å². The minimum Gasteiger partial charge on any atom is -0.462 e. The zero-order valence-electron chi connectivity index (χ0n) is 13.9. The fourth-order valence-electron chi connectivity index (χ4n) is 2.17. The molecule has 1 aromatic carbocycles. The van der Waals surface area contributed by atoms with Gasteiger partial charge in [0.05, 0.1) is 17.1 Å². The lowest BCUT2D eigenvalue weighted by atomic mass is 10.1. The maximum Gasteiger partial charge on any atom is 0.338 e. The van der Waals surface area contributed by atoms with Crippen LogP contribution >= 0.6 is 0 Å². The lowest BCUT2D eigenvalue weighted by molar-refractivity contribution is -0.384. The third-order valence-electron chi connectivity index (χ3n) is 3.24. The number of sulfonamides is 1. The van der Waals surface area contributed by atoms with Crippen molar-refractivity contribution < 1.29 is 22.9 Å². The number of aryl methyl sites for hydroxylation is 1. The van der Waals surface area contributed by atoms with E-state index in [9.17, 15) is 23.3 Å². The molecule has 10 nitrogen and oxygen atoms in total. The monoisotopic (exact) mass is 380 g/mol. The molecule has 0 fully saturated rings. The highest BCUT2D eigenvalue weighted by atomic mass is 32.2. The Bertz CT molecular complexity index is 974. The lowest BCUT2D eigenvalue weighted by Crippen LogP contribution is -2.17. The normalized spacial score (nSPS) is 11.0. The Kier molecular flexibility index (Phi) is 5.53. The van der Waals surface area contributed by atoms with E-state index in [4.69, 9.17) is 9.88 Å². The quantitative estimate of drug-likeness (QED) is 0.437. The van der Waals surface area contributed by atoms with Gasteiger partial charge in [-0.3, -0.25) is 10.1 Å². The first-order chi connectivity index (χ1) is 12.1. The molecule has 2 rings (SSSR count). The molecule has 2 aromatic rings. The average molecular weight is 380 g/mol. The fraction of sp³-hybridized carbons (Fsp3) is 0.200. The Morgan fingerprint density at radius 2 is 2.08 bits per heavy atom. The molecule has 138 valence electrons. The van der Waals surface area contributed by atoms with Crippen molar-refractivity contribution in [2.75, 3.05) is 11.9 Å². The van der Waals surface area contributed by atoms with Gasteiger partial charge in [0.15, 0.2) is 0 Å². The zero-order chi connectivity index (χ0) is 19.5. The van der Waals surface area contributed by atoms with Gasteiger partial charge >= 0.3 is 5.97 Å². The number of esters is 1. The Balaban J connectivity index is 2.71. The SMILES string of the molecule is CCOC(=O)c1cc([N+](=O)[O-])c(Nc2cccc(C)n2)c(S(N)(=O)=O)c1. The predicted molar refractivity (Wildman–Crippen MR) is 92.7 cm³/mol. The van der Waals surface area contributed by atoms with E-state index in [1.165, 1.54) is 6.07 Å². The van der Waals surface area contributed by atoms with Crippen molar-refractivity contribution in [2.24, 2.45) is 5.14 Å². The molecule has 0 aliphatic heterocycles. The maximum atomic E-state index is 12.0. The van der Waals surface area contributed by atoms with Crippen LogP contribution in [0.5, 0.6) is 0 Å². The standard InChI is InChI=1S/C15H16N4O6S/c1-3-25-15(20)10-7-11(19(21)22)14(12(8-10)26(16,23)24)18-13-6-4-5-9(2)17-13/h4-8H,3H2,1-2H3,(H,17,18)(H2,16,23,24). The Morgan fingerprint density at radius 1 is 1.38 bits per heavy atom. The zero-order valence-corrected chi connectivity index (χ0v) is 14.7. The minimum atomic E-state index is -4.39. The topological polar surface area (TPSA) is 155 Å². The lowest BCUT2D eigenvalue weighted by Gasteiger charge is -2.13. The van der Waals surface area contributed by atoms with Crippen LogP contribution in [-0.4, -0.2) is 30.9 Å². The van der Waals surface area contributed by atoms with Gasteiger partial charge in [0.2, 0.25) is 10.0 Å². The van der Waals surface area contributed by atoms with Crippen LogP contribution in [-0.2, 0) is 14.8 Å². The van der Waals surface area contributed by atoms with Gasteiger partial charge in [-0.1, -0.05) is 6.07 Å². The minimum absolute atomic E-state index is 0.0184. The van der Waals surface area contributed by atoms with Crippen LogP contribution in [0.2, 0.25) is 0 Å². The number of pyridine rings is 1. The number of ether oxygens (including phenoxy) is 1. The van der Waals surface area contributed by atoms with E-state index >= 15 is 0 Å². The van der Waals surface area contributed by atoms with Gasteiger partial charge in [-0.25, -0.2) is 23.3 Å². The van der Waals surface area contributed by atoms with Gasteiger partial charge in [-0.15, -0.1) is 0 Å². The van der Waals surface area contributed by atoms with Gasteiger partial charge in [0.25, 0.3) is 5.69 Å². The third kappa shape index (κ3) is 4.32. The molecule has 0 radical (unpaired) electrons. The van der Waals surface area contributed by atoms with Crippen molar-refractivity contribution in [2.45, 2.75) is 18.7 Å². The highest BCUT2D eigenvalue weighted by molar-refractivity contribution is 7.89. The predicted octanol–water partition coefficient (Wildman–Crippen LogP) is 1.87. The number of nitrogens with two attached hydrogens (primary N) is 1. The molecule has 0 spiro atoms. The number of hydrogen-bond donors (Lipinski definition) is 2. The molecule has 0 amide bonds. The maximum absolute atomic E-state index is 12.0. The third-order valence-corrected chi connectivity index (χ3v) is 4.17. The largest absolute Gasteiger partial charge is 0.462 e. The molecule has 0 bridgehead atoms. The summed E-state index contributed by atoms with van der Waals surface area (Å²) in [7, 11) is -4.39. The molecule has 0 saturated heterocycles. The second-order valence-corrected chi connectivity index (χ2v) is 6.71. The van der Waals surface area contributed by atoms with Crippen LogP contribution in [0.3, 0.4) is 0 Å². The molecule has 1 heterocycles. The number of benzene rings is 1. The van der Waals surface area contributed by atoms with E-state index in [-0.39, 0.29) is 23.7 Å². The molecular weight excluding hydrogens is 364 g/mol. The first-order valence-electron chi connectivity index (χ1n) is 7.36. The van der Waals surface area contributed by atoms with Crippen LogP contribution < -0.4 is 10.5 Å². The van der Waals surface area contributed by atoms with Crippen LogP contribution in [0.15, 0.2) is 35.2 Å². The average Bonchev–Trinajstić information content (AvgIpc) is 2.53. The summed E-state index contributed by atoms with van der Waals surface area (Å²) in [6.45, 7) is 3.26. The second kappa shape index (κ2) is 7.45. The van der Waals surface area contributed by atoms with E-state index in [1.807, 2.05) is 0 Å². The Morgan fingerprint density at radius 3 is 2.62 bits per heavy atom. The number of anilines is 2. The number of hydrogen-bond acceptors (Lipinski definition) is 8. The fourth-order valence-corrected chi connectivity index (χ4v) is 2.90. The highest BCUT2D eigenvalue weighted by Gasteiger charge is 2.28. The van der Waals surface area contributed by atoms with Crippen molar-refractivity contribution in [3.05, 3.63) is 51.7 Å². The number of aromatic nitrogens is 1. The van der Waals surface area contributed by atoms with Gasteiger partial charge in [0.1, 0.15) is 16.4 Å². The molecule has 26 heavy (non-hydrogen) atoms. The van der Waals surface area contributed by atoms with Crippen molar-refractivity contribution >= 4 is 33.2 Å². The Labute approximate surface area is 149 Å². The molecule has 0 saturated carbocycles. The summed E-state index contributed by atoms with van der Waals surface area (Å²) >= 11 is 0. The van der Waals surface area contributed by atoms with E-state index in [1.54, 1.807) is 26.0 Å². The Hall–Kier alpha value is -3.05. The number of rotatable bonds is 6. The van der Waals surface area contributed by atoms with E-state index in [0.29, 0.717) is 5.69 Å². The number of carbonyl (C=O) groups is 1. The highest BCUT2D eigenvalue weighted by Crippen LogP contribution is 2.35. The number of nitro groups is 1. The first kappa shape index (κ1) is 19.3. The van der Waals surface area contributed by atoms with Crippen molar-refractivity contribution in [3.63, 3.8) is 0 Å². The summed E-state index contributed by atoms with van der Waals surface area (Å²) in [5, 5.41) is 19.2. The molecule has 0 aliphatic carbocycles.